The normalized spacial score (nSPS) is 14.1. The minimum atomic E-state index is -0.102. The zero-order valence-corrected chi connectivity index (χ0v) is 15.8. The maximum Gasteiger partial charge on any atom is 0.251 e. The summed E-state index contributed by atoms with van der Waals surface area (Å²) in [5.74, 6) is -0.102. The number of carbonyl (C=O) groups excluding carboxylic acids is 1. The SMILES string of the molecule is Cn1cc(-c2ncccc2CNC(=O)c2ccc(N3CCOCC3)cc2)cn1. The van der Waals surface area contributed by atoms with Crippen LogP contribution in [0, 0.1) is 0 Å². The Morgan fingerprint density at radius 3 is 2.68 bits per heavy atom. The molecule has 0 radical (unpaired) electrons. The van der Waals surface area contributed by atoms with Gasteiger partial charge in [-0.2, -0.15) is 5.10 Å². The Kier molecular flexibility index (Phi) is 5.34. The van der Waals surface area contributed by atoms with E-state index >= 15 is 0 Å². The molecule has 0 saturated carbocycles. The minimum Gasteiger partial charge on any atom is -0.378 e. The molecule has 1 saturated heterocycles. The molecule has 0 spiro atoms. The summed E-state index contributed by atoms with van der Waals surface area (Å²) in [5, 5.41) is 7.19. The monoisotopic (exact) mass is 377 g/mol. The molecule has 1 aliphatic rings. The summed E-state index contributed by atoms with van der Waals surface area (Å²) in [6.07, 6.45) is 5.44. The first-order valence-electron chi connectivity index (χ1n) is 9.34. The van der Waals surface area contributed by atoms with E-state index < -0.39 is 0 Å². The van der Waals surface area contributed by atoms with Crippen molar-refractivity contribution in [2.45, 2.75) is 6.54 Å². The van der Waals surface area contributed by atoms with Gasteiger partial charge in [0.2, 0.25) is 0 Å². The fourth-order valence-electron chi connectivity index (χ4n) is 3.31. The number of amides is 1. The molecule has 28 heavy (non-hydrogen) atoms. The van der Waals surface area contributed by atoms with E-state index in [2.05, 4.69) is 20.3 Å². The molecule has 4 rings (SSSR count). The smallest absolute Gasteiger partial charge is 0.251 e. The van der Waals surface area contributed by atoms with Gasteiger partial charge in [-0.1, -0.05) is 6.07 Å². The van der Waals surface area contributed by atoms with Gasteiger partial charge in [-0.3, -0.25) is 14.5 Å². The molecule has 0 aliphatic carbocycles. The lowest BCUT2D eigenvalue weighted by atomic mass is 10.1. The topological polar surface area (TPSA) is 72.3 Å². The fraction of sp³-hybridized carbons (Fsp3) is 0.286. The second-order valence-electron chi connectivity index (χ2n) is 6.74. The zero-order chi connectivity index (χ0) is 19.3. The number of morpholine rings is 1. The van der Waals surface area contributed by atoms with Crippen molar-refractivity contribution in [3.8, 4) is 11.3 Å². The maximum atomic E-state index is 12.6. The second-order valence-corrected chi connectivity index (χ2v) is 6.74. The van der Waals surface area contributed by atoms with Gasteiger partial charge >= 0.3 is 0 Å². The lowest BCUT2D eigenvalue weighted by Crippen LogP contribution is -2.36. The first-order valence-corrected chi connectivity index (χ1v) is 9.34. The summed E-state index contributed by atoms with van der Waals surface area (Å²) < 4.78 is 7.12. The number of hydrogen-bond donors (Lipinski definition) is 1. The molecule has 1 amide bonds. The summed E-state index contributed by atoms with van der Waals surface area (Å²) in [5.41, 5.74) is 4.48. The molecule has 1 aliphatic heterocycles. The Labute approximate surface area is 164 Å². The van der Waals surface area contributed by atoms with E-state index in [0.717, 1.165) is 48.8 Å². The molecule has 1 N–H and O–H groups in total. The standard InChI is InChI=1S/C21H23N5O2/c1-25-15-18(14-24-25)20-17(3-2-8-22-20)13-23-21(27)16-4-6-19(7-5-16)26-9-11-28-12-10-26/h2-8,14-15H,9-13H2,1H3,(H,23,27). The third-order valence-electron chi connectivity index (χ3n) is 4.81. The Morgan fingerprint density at radius 2 is 1.96 bits per heavy atom. The molecule has 2 aromatic heterocycles. The van der Waals surface area contributed by atoms with Gasteiger partial charge in [-0.05, 0) is 35.9 Å². The number of nitrogens with zero attached hydrogens (tertiary/aromatic N) is 4. The first-order chi connectivity index (χ1) is 13.7. The molecule has 7 heteroatoms. The molecule has 144 valence electrons. The van der Waals surface area contributed by atoms with Crippen LogP contribution in [0.5, 0.6) is 0 Å². The van der Waals surface area contributed by atoms with Crippen LogP contribution in [0.2, 0.25) is 0 Å². The zero-order valence-electron chi connectivity index (χ0n) is 15.8. The molecule has 1 fully saturated rings. The summed E-state index contributed by atoms with van der Waals surface area (Å²) in [6.45, 7) is 3.65. The summed E-state index contributed by atoms with van der Waals surface area (Å²) in [7, 11) is 1.87. The van der Waals surface area contributed by atoms with Crippen LogP contribution in [0.25, 0.3) is 11.3 Å². The van der Waals surface area contributed by atoms with E-state index in [4.69, 9.17) is 4.74 Å². The molecule has 7 nitrogen and oxygen atoms in total. The molecule has 3 aromatic rings. The fourth-order valence-corrected chi connectivity index (χ4v) is 3.31. The van der Waals surface area contributed by atoms with Crippen LogP contribution in [0.15, 0.2) is 55.0 Å². The van der Waals surface area contributed by atoms with Crippen molar-refractivity contribution in [3.63, 3.8) is 0 Å². The number of nitrogens with one attached hydrogen (secondary N) is 1. The quantitative estimate of drug-likeness (QED) is 0.738. The van der Waals surface area contributed by atoms with Crippen molar-refractivity contribution >= 4 is 11.6 Å². The molecule has 3 heterocycles. The number of aromatic nitrogens is 3. The van der Waals surface area contributed by atoms with Gasteiger partial charge < -0.3 is 15.0 Å². The number of pyridine rings is 1. The Hall–Kier alpha value is -3.19. The highest BCUT2D eigenvalue weighted by Gasteiger charge is 2.13. The summed E-state index contributed by atoms with van der Waals surface area (Å²) in [4.78, 5) is 19.3. The number of ether oxygens (including phenoxy) is 1. The number of benzene rings is 1. The van der Waals surface area contributed by atoms with Crippen molar-refractivity contribution in [1.29, 1.82) is 0 Å². The van der Waals surface area contributed by atoms with E-state index in [1.54, 1.807) is 17.1 Å². The van der Waals surface area contributed by atoms with Crippen LogP contribution in [-0.4, -0.2) is 47.0 Å². The Balaban J connectivity index is 1.42. The van der Waals surface area contributed by atoms with E-state index in [1.165, 1.54) is 0 Å². The summed E-state index contributed by atoms with van der Waals surface area (Å²) >= 11 is 0. The number of aryl methyl sites for hydroxylation is 1. The molecule has 0 unspecified atom stereocenters. The van der Waals surface area contributed by atoms with Gasteiger partial charge in [0.1, 0.15) is 0 Å². The predicted octanol–water partition coefficient (Wildman–Crippen LogP) is 2.25. The van der Waals surface area contributed by atoms with Crippen molar-refractivity contribution in [2.24, 2.45) is 7.05 Å². The van der Waals surface area contributed by atoms with E-state index in [-0.39, 0.29) is 5.91 Å². The first kappa shape index (κ1) is 18.2. The molecule has 0 atom stereocenters. The molecule has 0 bridgehead atoms. The van der Waals surface area contributed by atoms with Crippen LogP contribution < -0.4 is 10.2 Å². The Morgan fingerprint density at radius 1 is 1.18 bits per heavy atom. The van der Waals surface area contributed by atoms with Gasteiger partial charge in [0.05, 0.1) is 25.1 Å². The van der Waals surface area contributed by atoms with Crippen molar-refractivity contribution in [1.82, 2.24) is 20.1 Å². The van der Waals surface area contributed by atoms with Gasteiger partial charge in [-0.25, -0.2) is 0 Å². The van der Waals surface area contributed by atoms with Crippen LogP contribution in [0.4, 0.5) is 5.69 Å². The lowest BCUT2D eigenvalue weighted by molar-refractivity contribution is 0.0951. The molecular formula is C21H23N5O2. The number of anilines is 1. The molecular weight excluding hydrogens is 354 g/mol. The number of carbonyl (C=O) groups is 1. The Bertz CT molecular complexity index is 945. The largest absolute Gasteiger partial charge is 0.378 e. The van der Waals surface area contributed by atoms with Gasteiger partial charge in [0, 0.05) is 55.9 Å². The number of hydrogen-bond acceptors (Lipinski definition) is 5. The van der Waals surface area contributed by atoms with Crippen LogP contribution in [0.1, 0.15) is 15.9 Å². The van der Waals surface area contributed by atoms with E-state index in [1.807, 2.05) is 49.6 Å². The van der Waals surface area contributed by atoms with E-state index in [0.29, 0.717) is 12.1 Å². The van der Waals surface area contributed by atoms with Crippen molar-refractivity contribution in [3.05, 3.63) is 66.1 Å². The van der Waals surface area contributed by atoms with E-state index in [9.17, 15) is 4.79 Å². The lowest BCUT2D eigenvalue weighted by Gasteiger charge is -2.28. The average Bonchev–Trinajstić information content (AvgIpc) is 3.19. The van der Waals surface area contributed by atoms with Gasteiger partial charge in [-0.15, -0.1) is 0 Å². The summed E-state index contributed by atoms with van der Waals surface area (Å²) in [6, 6.07) is 11.6. The average molecular weight is 377 g/mol. The van der Waals surface area contributed by atoms with Gasteiger partial charge in [0.25, 0.3) is 5.91 Å². The number of rotatable bonds is 5. The van der Waals surface area contributed by atoms with Crippen LogP contribution in [0.3, 0.4) is 0 Å². The van der Waals surface area contributed by atoms with Gasteiger partial charge in [0.15, 0.2) is 0 Å². The highest BCUT2D eigenvalue weighted by atomic mass is 16.5. The second kappa shape index (κ2) is 8.22. The third-order valence-corrected chi connectivity index (χ3v) is 4.81. The van der Waals surface area contributed by atoms with Crippen LogP contribution in [-0.2, 0) is 18.3 Å². The van der Waals surface area contributed by atoms with Crippen molar-refractivity contribution < 1.29 is 9.53 Å². The third kappa shape index (κ3) is 4.04. The predicted molar refractivity (Wildman–Crippen MR) is 107 cm³/mol. The maximum absolute atomic E-state index is 12.6. The molecule has 1 aromatic carbocycles. The highest BCUT2D eigenvalue weighted by molar-refractivity contribution is 5.94. The highest BCUT2D eigenvalue weighted by Crippen LogP contribution is 2.21. The van der Waals surface area contributed by atoms with Crippen molar-refractivity contribution in [2.75, 3.05) is 31.2 Å². The minimum absolute atomic E-state index is 0.102. The van der Waals surface area contributed by atoms with Crippen LogP contribution >= 0.6 is 0 Å².